The molecule has 68 valence electrons. The van der Waals surface area contributed by atoms with Crippen molar-refractivity contribution >= 4 is 5.97 Å². The van der Waals surface area contributed by atoms with E-state index < -0.39 is 5.54 Å². The predicted octanol–water partition coefficient (Wildman–Crippen LogP) is -0.747. The number of hydrogen-bond acceptors (Lipinski definition) is 4. The molecule has 0 spiro atoms. The SMILES string of the molecule is COC(=O)C12CCC(CNC1)N2. The van der Waals surface area contributed by atoms with Crippen molar-refractivity contribution in [3.8, 4) is 0 Å². The van der Waals surface area contributed by atoms with Gasteiger partial charge in [0.25, 0.3) is 0 Å². The summed E-state index contributed by atoms with van der Waals surface area (Å²) in [5, 5.41) is 6.56. The maximum absolute atomic E-state index is 11.4. The Balaban J connectivity index is 2.15. The third kappa shape index (κ3) is 1.03. The highest BCUT2D eigenvalue weighted by atomic mass is 16.5. The molecule has 0 aromatic heterocycles. The van der Waals surface area contributed by atoms with Crippen LogP contribution in [0.25, 0.3) is 0 Å². The number of carbonyl (C=O) groups is 1. The van der Waals surface area contributed by atoms with E-state index in [0.717, 1.165) is 19.4 Å². The van der Waals surface area contributed by atoms with Gasteiger partial charge in [-0.2, -0.15) is 0 Å². The molecule has 0 aromatic carbocycles. The molecule has 4 nitrogen and oxygen atoms in total. The van der Waals surface area contributed by atoms with E-state index in [4.69, 9.17) is 4.74 Å². The zero-order valence-electron chi connectivity index (χ0n) is 7.22. The zero-order chi connectivity index (χ0) is 8.60. The van der Waals surface area contributed by atoms with Crippen LogP contribution in [-0.2, 0) is 9.53 Å². The van der Waals surface area contributed by atoms with Crippen LogP contribution >= 0.6 is 0 Å². The molecule has 2 aliphatic heterocycles. The minimum Gasteiger partial charge on any atom is -0.468 e. The largest absolute Gasteiger partial charge is 0.468 e. The summed E-state index contributed by atoms with van der Waals surface area (Å²) in [4.78, 5) is 11.4. The van der Waals surface area contributed by atoms with Crippen molar-refractivity contribution in [2.45, 2.75) is 24.4 Å². The van der Waals surface area contributed by atoms with E-state index >= 15 is 0 Å². The second-order valence-corrected chi connectivity index (χ2v) is 3.58. The summed E-state index contributed by atoms with van der Waals surface area (Å²) in [6.07, 6.45) is 1.97. The molecule has 2 N–H and O–H groups in total. The summed E-state index contributed by atoms with van der Waals surface area (Å²) in [7, 11) is 1.45. The van der Waals surface area contributed by atoms with Gasteiger partial charge in [0, 0.05) is 19.1 Å². The molecule has 0 saturated carbocycles. The Morgan fingerprint density at radius 1 is 1.67 bits per heavy atom. The molecule has 2 aliphatic rings. The second-order valence-electron chi connectivity index (χ2n) is 3.58. The van der Waals surface area contributed by atoms with E-state index in [1.807, 2.05) is 0 Å². The van der Waals surface area contributed by atoms with E-state index in [1.165, 1.54) is 7.11 Å². The third-order valence-electron chi connectivity index (χ3n) is 2.79. The normalized spacial score (nSPS) is 39.6. The van der Waals surface area contributed by atoms with Gasteiger partial charge in [0.1, 0.15) is 5.54 Å². The van der Waals surface area contributed by atoms with Crippen molar-refractivity contribution in [2.24, 2.45) is 0 Å². The maximum atomic E-state index is 11.4. The third-order valence-corrected chi connectivity index (χ3v) is 2.79. The molecular weight excluding hydrogens is 156 g/mol. The van der Waals surface area contributed by atoms with Crippen LogP contribution in [-0.4, -0.2) is 37.7 Å². The highest BCUT2D eigenvalue weighted by Crippen LogP contribution is 2.26. The van der Waals surface area contributed by atoms with Crippen molar-refractivity contribution < 1.29 is 9.53 Å². The fraction of sp³-hybridized carbons (Fsp3) is 0.875. The number of fused-ring (bicyclic) bond motifs is 2. The molecule has 2 unspecified atom stereocenters. The zero-order valence-corrected chi connectivity index (χ0v) is 7.22. The van der Waals surface area contributed by atoms with Crippen molar-refractivity contribution in [3.63, 3.8) is 0 Å². The fourth-order valence-electron chi connectivity index (χ4n) is 2.14. The summed E-state index contributed by atoms with van der Waals surface area (Å²) < 4.78 is 4.77. The predicted molar refractivity (Wildman–Crippen MR) is 43.8 cm³/mol. The van der Waals surface area contributed by atoms with Gasteiger partial charge in [-0.05, 0) is 12.8 Å². The maximum Gasteiger partial charge on any atom is 0.327 e. The Morgan fingerprint density at radius 2 is 2.50 bits per heavy atom. The highest BCUT2D eigenvalue weighted by molar-refractivity contribution is 5.82. The minimum atomic E-state index is -0.419. The van der Waals surface area contributed by atoms with Gasteiger partial charge in [0.15, 0.2) is 0 Å². The van der Waals surface area contributed by atoms with Crippen LogP contribution in [0.15, 0.2) is 0 Å². The molecule has 2 rings (SSSR count). The van der Waals surface area contributed by atoms with Crippen LogP contribution in [0, 0.1) is 0 Å². The first-order chi connectivity index (χ1) is 5.77. The van der Waals surface area contributed by atoms with Gasteiger partial charge in [-0.25, -0.2) is 0 Å². The van der Waals surface area contributed by atoms with E-state index in [-0.39, 0.29) is 5.97 Å². The number of methoxy groups -OCH3 is 1. The van der Waals surface area contributed by atoms with Gasteiger partial charge < -0.3 is 10.1 Å². The average Bonchev–Trinajstić information content (AvgIpc) is 2.42. The van der Waals surface area contributed by atoms with Gasteiger partial charge in [-0.3, -0.25) is 10.1 Å². The van der Waals surface area contributed by atoms with Crippen molar-refractivity contribution in [1.29, 1.82) is 0 Å². The highest BCUT2D eigenvalue weighted by Gasteiger charge is 2.47. The number of ether oxygens (including phenoxy) is 1. The first-order valence-electron chi connectivity index (χ1n) is 4.34. The topological polar surface area (TPSA) is 50.4 Å². The molecule has 2 fully saturated rings. The average molecular weight is 170 g/mol. The number of hydrogen-bond donors (Lipinski definition) is 2. The van der Waals surface area contributed by atoms with Crippen molar-refractivity contribution in [1.82, 2.24) is 10.6 Å². The number of esters is 1. The Kier molecular flexibility index (Phi) is 1.81. The minimum absolute atomic E-state index is 0.128. The number of piperazine rings is 1. The number of rotatable bonds is 1. The quantitative estimate of drug-likeness (QED) is 0.509. The molecule has 12 heavy (non-hydrogen) atoms. The first kappa shape index (κ1) is 8.01. The lowest BCUT2D eigenvalue weighted by Crippen LogP contribution is -2.62. The molecule has 2 bridgehead atoms. The summed E-state index contributed by atoms with van der Waals surface area (Å²) in [5.41, 5.74) is -0.419. The van der Waals surface area contributed by atoms with Crippen LogP contribution in [0.3, 0.4) is 0 Å². The fourth-order valence-corrected chi connectivity index (χ4v) is 2.14. The summed E-state index contributed by atoms with van der Waals surface area (Å²) in [6.45, 7) is 1.68. The molecule has 2 heterocycles. The van der Waals surface area contributed by atoms with E-state index in [2.05, 4.69) is 10.6 Å². The molecule has 2 saturated heterocycles. The first-order valence-corrected chi connectivity index (χ1v) is 4.34. The molecule has 0 aliphatic carbocycles. The Morgan fingerprint density at radius 3 is 3.25 bits per heavy atom. The van der Waals surface area contributed by atoms with Crippen LogP contribution in [0.1, 0.15) is 12.8 Å². The molecule has 4 heteroatoms. The summed E-state index contributed by atoms with van der Waals surface area (Å²) >= 11 is 0. The van der Waals surface area contributed by atoms with Crippen LogP contribution in [0.5, 0.6) is 0 Å². The monoisotopic (exact) mass is 170 g/mol. The van der Waals surface area contributed by atoms with Gasteiger partial charge in [-0.15, -0.1) is 0 Å². The molecule has 0 radical (unpaired) electrons. The lowest BCUT2D eigenvalue weighted by Gasteiger charge is -2.32. The van der Waals surface area contributed by atoms with Crippen molar-refractivity contribution in [3.05, 3.63) is 0 Å². The lowest BCUT2D eigenvalue weighted by atomic mass is 9.98. The van der Waals surface area contributed by atoms with Crippen LogP contribution < -0.4 is 10.6 Å². The second kappa shape index (κ2) is 2.71. The lowest BCUT2D eigenvalue weighted by molar-refractivity contribution is -0.148. The van der Waals surface area contributed by atoms with Gasteiger partial charge in [-0.1, -0.05) is 0 Å². The Hall–Kier alpha value is -0.610. The van der Waals surface area contributed by atoms with Crippen LogP contribution in [0.2, 0.25) is 0 Å². The van der Waals surface area contributed by atoms with E-state index in [0.29, 0.717) is 12.6 Å². The molecule has 2 atom stereocenters. The van der Waals surface area contributed by atoms with Gasteiger partial charge in [0.05, 0.1) is 7.11 Å². The van der Waals surface area contributed by atoms with E-state index in [9.17, 15) is 4.79 Å². The summed E-state index contributed by atoms with van der Waals surface area (Å²) in [6, 6.07) is 0.456. The Bertz CT molecular complexity index is 203. The summed E-state index contributed by atoms with van der Waals surface area (Å²) in [5.74, 6) is -0.128. The molecule has 0 amide bonds. The van der Waals surface area contributed by atoms with Gasteiger partial charge >= 0.3 is 5.97 Å². The smallest absolute Gasteiger partial charge is 0.327 e. The number of carbonyl (C=O) groups excluding carboxylic acids is 1. The van der Waals surface area contributed by atoms with Crippen molar-refractivity contribution in [2.75, 3.05) is 20.2 Å². The standard InChI is InChI=1S/C8H14N2O2/c1-12-7(11)8-3-2-6(10-8)4-9-5-8/h6,9-10H,2-5H2,1H3. The molecule has 0 aromatic rings. The van der Waals surface area contributed by atoms with Gasteiger partial charge in [0.2, 0.25) is 0 Å². The van der Waals surface area contributed by atoms with Crippen LogP contribution in [0.4, 0.5) is 0 Å². The number of nitrogens with one attached hydrogen (secondary N) is 2. The molecular formula is C8H14N2O2. The Labute approximate surface area is 71.7 Å². The van der Waals surface area contributed by atoms with E-state index in [1.54, 1.807) is 0 Å².